The molecule has 0 radical (unpaired) electrons. The van der Waals surface area contributed by atoms with Gasteiger partial charge in [-0.1, -0.05) is 60.7 Å². The number of methoxy groups -OCH3 is 1. The number of nitrogens with zero attached hydrogens (tertiary/aromatic N) is 2. The van der Waals surface area contributed by atoms with Crippen LogP contribution in [0.25, 0.3) is 10.6 Å². The zero-order valence-corrected chi connectivity index (χ0v) is 20.8. The molecule has 1 heterocycles. The number of carbonyl (C=O) groups excluding carboxylic acids is 2. The summed E-state index contributed by atoms with van der Waals surface area (Å²) in [6, 6.07) is 23.3. The van der Waals surface area contributed by atoms with Gasteiger partial charge in [0.2, 0.25) is 11.0 Å². The van der Waals surface area contributed by atoms with Crippen molar-refractivity contribution in [3.63, 3.8) is 0 Å². The highest BCUT2D eigenvalue weighted by atomic mass is 32.1. The van der Waals surface area contributed by atoms with E-state index in [1.54, 1.807) is 7.11 Å². The number of rotatable bonds is 9. The number of anilines is 2. The second-order valence-electron chi connectivity index (χ2n) is 8.02. The average molecular weight is 502 g/mol. The summed E-state index contributed by atoms with van der Waals surface area (Å²) in [4.78, 5) is 26.0. The van der Waals surface area contributed by atoms with Gasteiger partial charge in [-0.3, -0.25) is 10.1 Å². The average Bonchev–Trinajstić information content (AvgIpc) is 3.37. The molecule has 0 spiro atoms. The van der Waals surface area contributed by atoms with Gasteiger partial charge >= 0.3 is 6.03 Å². The molecular weight excluding hydrogens is 474 g/mol. The quantitative estimate of drug-likeness (QED) is 0.294. The van der Waals surface area contributed by atoms with Crippen molar-refractivity contribution in [2.24, 2.45) is 0 Å². The van der Waals surface area contributed by atoms with E-state index in [1.807, 2.05) is 85.8 Å². The van der Waals surface area contributed by atoms with Crippen LogP contribution in [0.2, 0.25) is 0 Å². The van der Waals surface area contributed by atoms with Crippen LogP contribution in [0.15, 0.2) is 78.9 Å². The van der Waals surface area contributed by atoms with Gasteiger partial charge in [-0.2, -0.15) is 0 Å². The fraction of sp³-hybridized carbons (Fsp3) is 0.185. The highest BCUT2D eigenvalue weighted by molar-refractivity contribution is 7.18. The molecule has 0 bridgehead atoms. The molecule has 0 saturated heterocycles. The molecular formula is C27H27N5O3S. The predicted octanol–water partition coefficient (Wildman–Crippen LogP) is 5.15. The minimum atomic E-state index is -0.824. The maximum absolute atomic E-state index is 13.2. The molecule has 3 amide bonds. The summed E-state index contributed by atoms with van der Waals surface area (Å²) in [7, 11) is 1.61. The number of nitrogens with one attached hydrogen (secondary N) is 3. The summed E-state index contributed by atoms with van der Waals surface area (Å²) >= 11 is 1.25. The minimum Gasteiger partial charge on any atom is -0.497 e. The van der Waals surface area contributed by atoms with Crippen LogP contribution in [0.4, 0.5) is 15.6 Å². The van der Waals surface area contributed by atoms with Gasteiger partial charge in [-0.25, -0.2) is 4.79 Å². The standard InChI is InChI=1S/C27H27N5O3S/c1-3-18-10-7-11-21(16-18)28-26(34)29-23(17-19-8-5-4-6-9-19)24(33)30-27-32-31-25(36-27)20-12-14-22(35-2)15-13-20/h4-16,23H,3,17H2,1-2H3,(H2,28,29,34)(H,30,32,33)/t23-/m1/s1. The zero-order chi connectivity index (χ0) is 25.3. The van der Waals surface area contributed by atoms with Crippen molar-refractivity contribution >= 4 is 34.1 Å². The summed E-state index contributed by atoms with van der Waals surface area (Å²) in [6.45, 7) is 2.05. The van der Waals surface area contributed by atoms with Crippen LogP contribution in [0.1, 0.15) is 18.1 Å². The number of urea groups is 1. The minimum absolute atomic E-state index is 0.319. The summed E-state index contributed by atoms with van der Waals surface area (Å²) in [5.41, 5.74) is 3.55. The molecule has 3 N–H and O–H groups in total. The lowest BCUT2D eigenvalue weighted by molar-refractivity contribution is -0.117. The number of hydrogen-bond acceptors (Lipinski definition) is 6. The zero-order valence-electron chi connectivity index (χ0n) is 20.0. The van der Waals surface area contributed by atoms with Crippen molar-refractivity contribution in [1.29, 1.82) is 0 Å². The molecule has 0 aliphatic carbocycles. The Kier molecular flexibility index (Phi) is 8.25. The molecule has 4 aromatic rings. The highest BCUT2D eigenvalue weighted by Crippen LogP contribution is 2.28. The summed E-state index contributed by atoms with van der Waals surface area (Å²) < 4.78 is 5.19. The molecule has 0 fully saturated rings. The second kappa shape index (κ2) is 11.9. The first-order valence-electron chi connectivity index (χ1n) is 11.5. The maximum atomic E-state index is 13.2. The number of aryl methyl sites for hydroxylation is 1. The fourth-order valence-corrected chi connectivity index (χ4v) is 4.32. The van der Waals surface area contributed by atoms with E-state index in [9.17, 15) is 9.59 Å². The lowest BCUT2D eigenvalue weighted by atomic mass is 10.1. The van der Waals surface area contributed by atoms with Crippen molar-refractivity contribution in [2.45, 2.75) is 25.8 Å². The topological polar surface area (TPSA) is 105 Å². The molecule has 4 rings (SSSR count). The summed E-state index contributed by atoms with van der Waals surface area (Å²) in [5.74, 6) is 0.361. The Morgan fingerprint density at radius 3 is 2.39 bits per heavy atom. The van der Waals surface area contributed by atoms with Crippen LogP contribution in [0, 0.1) is 0 Å². The third kappa shape index (κ3) is 6.67. The molecule has 0 aliphatic rings. The number of benzene rings is 3. The van der Waals surface area contributed by atoms with Gasteiger partial charge < -0.3 is 15.4 Å². The van der Waals surface area contributed by atoms with Gasteiger partial charge in [-0.15, -0.1) is 10.2 Å². The molecule has 3 aromatic carbocycles. The van der Waals surface area contributed by atoms with Gasteiger partial charge in [-0.05, 0) is 53.9 Å². The van der Waals surface area contributed by atoms with Gasteiger partial charge in [0.1, 0.15) is 16.8 Å². The second-order valence-corrected chi connectivity index (χ2v) is 9.00. The van der Waals surface area contributed by atoms with E-state index < -0.39 is 12.1 Å². The van der Waals surface area contributed by atoms with Crippen molar-refractivity contribution in [3.8, 4) is 16.3 Å². The van der Waals surface area contributed by atoms with Gasteiger partial charge in [0.15, 0.2) is 0 Å². The smallest absolute Gasteiger partial charge is 0.319 e. The summed E-state index contributed by atoms with van der Waals surface area (Å²) in [5, 5.41) is 17.7. The van der Waals surface area contributed by atoms with Gasteiger partial charge in [0.25, 0.3) is 0 Å². The predicted molar refractivity (Wildman–Crippen MR) is 142 cm³/mol. The molecule has 9 heteroatoms. The number of ether oxygens (including phenoxy) is 1. The number of aromatic nitrogens is 2. The molecule has 184 valence electrons. The monoisotopic (exact) mass is 501 g/mol. The van der Waals surface area contributed by atoms with Crippen molar-refractivity contribution in [3.05, 3.63) is 90.0 Å². The van der Waals surface area contributed by atoms with Crippen molar-refractivity contribution < 1.29 is 14.3 Å². The first-order valence-corrected chi connectivity index (χ1v) is 12.3. The Labute approximate surface area is 213 Å². The van der Waals surface area contributed by atoms with E-state index in [1.165, 1.54) is 11.3 Å². The fourth-order valence-electron chi connectivity index (χ4n) is 3.57. The van der Waals surface area contributed by atoms with E-state index in [2.05, 4.69) is 26.1 Å². The first-order chi connectivity index (χ1) is 17.5. The third-order valence-electron chi connectivity index (χ3n) is 5.49. The van der Waals surface area contributed by atoms with Crippen LogP contribution in [-0.2, 0) is 17.6 Å². The lowest BCUT2D eigenvalue weighted by Crippen LogP contribution is -2.46. The van der Waals surface area contributed by atoms with Crippen LogP contribution in [-0.4, -0.2) is 35.3 Å². The Hall–Kier alpha value is -4.24. The van der Waals surface area contributed by atoms with Crippen LogP contribution < -0.4 is 20.7 Å². The molecule has 1 aromatic heterocycles. The Morgan fingerprint density at radius 2 is 1.67 bits per heavy atom. The molecule has 36 heavy (non-hydrogen) atoms. The van der Waals surface area contributed by atoms with E-state index in [0.29, 0.717) is 22.2 Å². The van der Waals surface area contributed by atoms with E-state index >= 15 is 0 Å². The molecule has 0 aliphatic heterocycles. The Morgan fingerprint density at radius 1 is 0.917 bits per heavy atom. The van der Waals surface area contributed by atoms with Gasteiger partial charge in [0, 0.05) is 17.7 Å². The maximum Gasteiger partial charge on any atom is 0.319 e. The molecule has 1 atom stereocenters. The van der Waals surface area contributed by atoms with Gasteiger partial charge in [0.05, 0.1) is 7.11 Å². The van der Waals surface area contributed by atoms with E-state index in [4.69, 9.17) is 4.74 Å². The van der Waals surface area contributed by atoms with Crippen LogP contribution in [0.3, 0.4) is 0 Å². The third-order valence-corrected chi connectivity index (χ3v) is 6.38. The largest absolute Gasteiger partial charge is 0.497 e. The first kappa shape index (κ1) is 24.9. The highest BCUT2D eigenvalue weighted by Gasteiger charge is 2.23. The SMILES string of the molecule is CCc1cccc(NC(=O)N[C@H](Cc2ccccc2)C(=O)Nc2nnc(-c3ccc(OC)cc3)s2)c1. The molecule has 0 unspecified atom stereocenters. The normalized spacial score (nSPS) is 11.4. The number of hydrogen-bond donors (Lipinski definition) is 3. The number of carbonyl (C=O) groups is 2. The lowest BCUT2D eigenvalue weighted by Gasteiger charge is -2.18. The Bertz CT molecular complexity index is 1310. The van der Waals surface area contributed by atoms with Crippen molar-refractivity contribution in [2.75, 3.05) is 17.7 Å². The van der Waals surface area contributed by atoms with Crippen LogP contribution >= 0.6 is 11.3 Å². The summed E-state index contributed by atoms with van der Waals surface area (Å²) in [6.07, 6.45) is 1.18. The van der Waals surface area contributed by atoms with Crippen LogP contribution in [0.5, 0.6) is 5.75 Å². The molecule has 8 nitrogen and oxygen atoms in total. The molecule has 0 saturated carbocycles. The number of amides is 3. The Balaban J connectivity index is 1.46. The van der Waals surface area contributed by atoms with E-state index in [0.717, 1.165) is 28.9 Å². The van der Waals surface area contributed by atoms with Crippen molar-refractivity contribution in [1.82, 2.24) is 15.5 Å². The van der Waals surface area contributed by atoms with E-state index in [-0.39, 0.29) is 5.91 Å².